The fourth-order valence-corrected chi connectivity index (χ4v) is 13.5. The highest BCUT2D eigenvalue weighted by Crippen LogP contribution is 2.41. The van der Waals surface area contributed by atoms with E-state index in [-0.39, 0.29) is 18.3 Å². The second-order valence-electron chi connectivity index (χ2n) is 27.9. The van der Waals surface area contributed by atoms with Crippen molar-refractivity contribution in [3.8, 4) is 67.8 Å². The van der Waals surface area contributed by atoms with E-state index in [4.69, 9.17) is 24.3 Å². The molecule has 0 bridgehead atoms. The molecule has 0 aliphatic carbocycles. The molecule has 0 amide bonds. The Kier molecular flexibility index (Phi) is 21.8. The van der Waals surface area contributed by atoms with Crippen LogP contribution >= 0.6 is 15.9 Å². The van der Waals surface area contributed by atoms with Crippen molar-refractivity contribution in [2.24, 2.45) is 0 Å². The van der Waals surface area contributed by atoms with Crippen LogP contribution in [-0.4, -0.2) is 47.4 Å². The molecule has 4 aromatic heterocycles. The minimum Gasteiger partial charge on any atom is -0.399 e. The van der Waals surface area contributed by atoms with Gasteiger partial charge in [-0.25, -0.2) is 9.97 Å². The number of aryl methyl sites for hydroxylation is 4. The Balaban J connectivity index is 0.000000143. The van der Waals surface area contributed by atoms with Crippen LogP contribution in [0.15, 0.2) is 344 Å². The van der Waals surface area contributed by atoms with Crippen LogP contribution in [-0.2, 0) is 9.31 Å². The molecule has 10 nitrogen and oxygen atoms in total. The van der Waals surface area contributed by atoms with Crippen LogP contribution in [0.4, 0.5) is 34.1 Å². The Morgan fingerprint density at radius 2 is 0.602 bits per heavy atom. The van der Waals surface area contributed by atoms with Crippen LogP contribution in [0.25, 0.3) is 89.9 Å². The topological polar surface area (TPSA) is 86.4 Å². The van der Waals surface area contributed by atoms with Crippen molar-refractivity contribution in [2.75, 3.05) is 9.80 Å². The molecule has 1 saturated heterocycles. The average Bonchev–Trinajstić information content (AvgIpc) is 1.60. The first-order chi connectivity index (χ1) is 52.6. The molecule has 1 aliphatic heterocycles. The normalized spacial score (nSPS) is 12.6. The third-order valence-electron chi connectivity index (χ3n) is 19.8. The van der Waals surface area contributed by atoms with Crippen LogP contribution in [0, 0.1) is 27.7 Å². The molecule has 17 rings (SSSR count). The molecule has 12 heteroatoms. The Labute approximate surface area is 643 Å². The maximum atomic E-state index is 6.21. The molecule has 1 fully saturated rings. The molecule has 0 radical (unpaired) electrons. The van der Waals surface area contributed by atoms with Crippen molar-refractivity contribution in [1.29, 1.82) is 0 Å². The number of hydrogen-bond donors (Lipinski definition) is 0. The highest BCUT2D eigenvalue weighted by molar-refractivity contribution is 9.10. The summed E-state index contributed by atoms with van der Waals surface area (Å²) in [6, 6.07) is 115. The average molecular weight is 1470 g/mol. The van der Waals surface area contributed by atoms with E-state index in [1.165, 1.54) is 44.5 Å². The standard InChI is InChI=1S/C44H34N4.C32H34BNO2.C18H12BrN3.C2H6/c1-31-12-23-38(24-13-31)47(39-25-14-32(2)15-26-39)40-27-20-34(21-28-40)33-16-18-35(19-17-33)36-22-29-42(45-30-36)44-46-41-10-6-7-11-43(41)48(44)37-8-4-3-5-9-37;1-23-7-17-28(18-8-23)34(29-19-9-24(2)10-20-29)30-21-13-26(14-22-30)25-11-15-27(16-12-25)33-35-31(3,4)32(5,6)36-33;19-13-10-11-16(20-12-13)18-21-15-8-4-5-9-17(15)22(18)14-6-2-1-3-7-14;1-2/h3-30H,1-2H3;7-22H,1-6H3;1-12H;1-2H3. The number of nitrogens with zero attached hydrogens (tertiary/aromatic N) is 8. The van der Waals surface area contributed by atoms with Gasteiger partial charge >= 0.3 is 7.12 Å². The number of imidazole rings is 2. The summed E-state index contributed by atoms with van der Waals surface area (Å²) in [7, 11) is -0.344. The quantitative estimate of drug-likeness (QED) is 0.0996. The molecule has 0 saturated carbocycles. The number of hydrogen-bond acceptors (Lipinski definition) is 8. The zero-order valence-electron chi connectivity index (χ0n) is 62.7. The SMILES string of the molecule is Brc1ccc(-c2nc3ccccc3n2-c2ccccc2)nc1.CC.Cc1ccc(N(c2ccc(C)cc2)c2ccc(-c3ccc(-c4ccc(-c5nc6ccccc6n5-c5ccccc5)nc4)cc3)cc2)cc1.Cc1ccc(N(c2ccc(C)cc2)c2ccc(-c3ccc(B4OC(C)(C)C(C)(C)O4)cc3)cc2)cc1. The molecule has 16 aromatic rings. The van der Waals surface area contributed by atoms with Crippen molar-refractivity contribution < 1.29 is 9.31 Å². The first kappa shape index (κ1) is 72.9. The summed E-state index contributed by atoms with van der Waals surface area (Å²) in [5, 5.41) is 0. The molecule has 0 N–H and O–H groups in total. The van der Waals surface area contributed by atoms with Gasteiger partial charge in [-0.15, -0.1) is 0 Å². The molecule has 0 atom stereocenters. The third-order valence-corrected chi connectivity index (χ3v) is 20.3. The molecule has 532 valence electrons. The number of halogens is 1. The van der Waals surface area contributed by atoms with E-state index < -0.39 is 0 Å². The number of rotatable bonds is 14. The van der Waals surface area contributed by atoms with E-state index in [0.717, 1.165) is 112 Å². The van der Waals surface area contributed by atoms with Crippen LogP contribution < -0.4 is 15.3 Å². The molecule has 5 heterocycles. The van der Waals surface area contributed by atoms with Crippen LogP contribution in [0.1, 0.15) is 63.8 Å². The number of aromatic nitrogens is 6. The maximum absolute atomic E-state index is 6.21. The summed E-state index contributed by atoms with van der Waals surface area (Å²) >= 11 is 3.43. The van der Waals surface area contributed by atoms with Gasteiger partial charge in [-0.3, -0.25) is 19.1 Å². The van der Waals surface area contributed by atoms with Crippen LogP contribution in [0.3, 0.4) is 0 Å². The predicted molar refractivity (Wildman–Crippen MR) is 454 cm³/mol. The minimum atomic E-state index is -0.344. The summed E-state index contributed by atoms with van der Waals surface area (Å²) in [6.45, 7) is 20.8. The van der Waals surface area contributed by atoms with Gasteiger partial charge in [-0.1, -0.05) is 224 Å². The van der Waals surface area contributed by atoms with Crippen molar-refractivity contribution in [2.45, 2.75) is 80.4 Å². The molecular formula is C96H86BBrN8O2. The molecular weight excluding hydrogens is 1390 g/mol. The zero-order valence-corrected chi connectivity index (χ0v) is 64.3. The van der Waals surface area contributed by atoms with Gasteiger partial charge in [-0.05, 0) is 244 Å². The zero-order chi connectivity index (χ0) is 74.9. The van der Waals surface area contributed by atoms with E-state index in [2.05, 4.69) is 338 Å². The van der Waals surface area contributed by atoms with E-state index in [0.29, 0.717) is 0 Å². The fourth-order valence-electron chi connectivity index (χ4n) is 13.2. The summed E-state index contributed by atoms with van der Waals surface area (Å²) in [5.74, 6) is 1.68. The van der Waals surface area contributed by atoms with Crippen molar-refractivity contribution in [3.05, 3.63) is 367 Å². The first-order valence-electron chi connectivity index (χ1n) is 36.8. The Morgan fingerprint density at radius 1 is 0.315 bits per heavy atom. The van der Waals surface area contributed by atoms with Crippen molar-refractivity contribution in [1.82, 2.24) is 29.1 Å². The summed E-state index contributed by atoms with van der Waals surface area (Å²) in [6.07, 6.45) is 3.74. The monoisotopic (exact) mass is 1470 g/mol. The lowest BCUT2D eigenvalue weighted by Crippen LogP contribution is -2.41. The van der Waals surface area contributed by atoms with E-state index >= 15 is 0 Å². The lowest BCUT2D eigenvalue weighted by molar-refractivity contribution is 0.00578. The Morgan fingerprint density at radius 3 is 0.935 bits per heavy atom. The van der Waals surface area contributed by atoms with Crippen molar-refractivity contribution >= 4 is 84.7 Å². The van der Waals surface area contributed by atoms with Gasteiger partial charge in [0.05, 0.1) is 33.3 Å². The molecule has 1 aliphatic rings. The summed E-state index contributed by atoms with van der Waals surface area (Å²) in [5.41, 5.74) is 26.9. The molecule has 0 unspecified atom stereocenters. The molecule has 108 heavy (non-hydrogen) atoms. The largest absolute Gasteiger partial charge is 0.494 e. The predicted octanol–water partition coefficient (Wildman–Crippen LogP) is 25.1. The smallest absolute Gasteiger partial charge is 0.399 e. The number of pyridine rings is 2. The third kappa shape index (κ3) is 16.0. The summed E-state index contributed by atoms with van der Waals surface area (Å²) in [4.78, 5) is 23.7. The van der Waals surface area contributed by atoms with Gasteiger partial charge in [0.2, 0.25) is 0 Å². The van der Waals surface area contributed by atoms with Gasteiger partial charge in [0.1, 0.15) is 11.4 Å². The van der Waals surface area contributed by atoms with Crippen molar-refractivity contribution in [3.63, 3.8) is 0 Å². The van der Waals surface area contributed by atoms with Gasteiger partial charge < -0.3 is 19.1 Å². The Bertz CT molecular complexity index is 5540. The minimum absolute atomic E-state index is 0.340. The van der Waals surface area contributed by atoms with Gasteiger partial charge in [0.25, 0.3) is 0 Å². The number of para-hydroxylation sites is 6. The van der Waals surface area contributed by atoms with E-state index in [1.54, 1.807) is 6.20 Å². The first-order valence-corrected chi connectivity index (χ1v) is 37.6. The second kappa shape index (κ2) is 32.3. The fraction of sp³-hybridized carbons (Fsp3) is 0.125. The van der Waals surface area contributed by atoms with E-state index in [9.17, 15) is 0 Å². The van der Waals surface area contributed by atoms with Crippen LogP contribution in [0.5, 0.6) is 0 Å². The highest BCUT2D eigenvalue weighted by Gasteiger charge is 2.51. The van der Waals surface area contributed by atoms with E-state index in [1.807, 2.05) is 105 Å². The summed E-state index contributed by atoms with van der Waals surface area (Å²) < 4.78 is 17.7. The Hall–Kier alpha value is -12.1. The second-order valence-corrected chi connectivity index (χ2v) is 28.8. The number of anilines is 6. The van der Waals surface area contributed by atoms with Gasteiger partial charge in [0.15, 0.2) is 11.6 Å². The molecule has 12 aromatic carbocycles. The van der Waals surface area contributed by atoms with Gasteiger partial charge in [-0.2, -0.15) is 0 Å². The highest BCUT2D eigenvalue weighted by atomic mass is 79.9. The lowest BCUT2D eigenvalue weighted by atomic mass is 9.78. The molecule has 0 spiro atoms. The van der Waals surface area contributed by atoms with Crippen LogP contribution in [0.2, 0.25) is 0 Å². The number of benzene rings is 12. The maximum Gasteiger partial charge on any atom is 0.494 e. The van der Waals surface area contributed by atoms with Gasteiger partial charge in [0, 0.05) is 67.9 Å². The number of fused-ring (bicyclic) bond motifs is 2. The lowest BCUT2D eigenvalue weighted by Gasteiger charge is -2.32.